The summed E-state index contributed by atoms with van der Waals surface area (Å²) < 4.78 is 12.6. The number of aromatic nitrogens is 1. The number of cyclic esters (lactones) is 1. The Morgan fingerprint density at radius 3 is 2.67 bits per heavy atom. The van der Waals surface area contributed by atoms with Crippen LogP contribution < -0.4 is 15.0 Å². The van der Waals surface area contributed by atoms with E-state index in [-0.39, 0.29) is 5.91 Å². The van der Waals surface area contributed by atoms with Gasteiger partial charge in [0.05, 0.1) is 24.9 Å². The molecule has 4 rings (SSSR count). The molecule has 2 fully saturated rings. The zero-order valence-corrected chi connectivity index (χ0v) is 15.7. The predicted molar refractivity (Wildman–Crippen MR) is 102 cm³/mol. The molecule has 2 aliphatic rings. The lowest BCUT2D eigenvalue weighted by molar-refractivity contribution is 0.102. The lowest BCUT2D eigenvalue weighted by Gasteiger charge is -2.17. The number of methoxy groups -OCH3 is 1. The highest BCUT2D eigenvalue weighted by Gasteiger charge is 2.29. The van der Waals surface area contributed by atoms with E-state index in [4.69, 9.17) is 9.47 Å². The van der Waals surface area contributed by atoms with E-state index in [0.717, 1.165) is 11.4 Å². The van der Waals surface area contributed by atoms with Crippen molar-refractivity contribution in [1.82, 2.24) is 4.57 Å². The normalized spacial score (nSPS) is 16.4. The maximum Gasteiger partial charge on any atom is 0.414 e. The van der Waals surface area contributed by atoms with Crippen LogP contribution in [-0.4, -0.2) is 36.8 Å². The number of nitrogens with zero attached hydrogens (tertiary/aromatic N) is 2. The molecule has 1 aromatic heterocycles. The summed E-state index contributed by atoms with van der Waals surface area (Å²) in [6, 6.07) is 7.72. The Labute approximate surface area is 157 Å². The van der Waals surface area contributed by atoms with Crippen molar-refractivity contribution in [2.24, 2.45) is 0 Å². The number of hydrogen-bond acceptors (Lipinski definition) is 4. The van der Waals surface area contributed by atoms with Crippen molar-refractivity contribution in [2.45, 2.75) is 32.7 Å². The zero-order chi connectivity index (χ0) is 19.1. The summed E-state index contributed by atoms with van der Waals surface area (Å²) in [6.07, 6.45) is 1.96. The van der Waals surface area contributed by atoms with Crippen LogP contribution >= 0.6 is 0 Å². The number of hydrogen-bond donors (Lipinski definition) is 1. The lowest BCUT2D eigenvalue weighted by atomic mass is 10.2. The van der Waals surface area contributed by atoms with Gasteiger partial charge in [-0.15, -0.1) is 0 Å². The summed E-state index contributed by atoms with van der Waals surface area (Å²) in [4.78, 5) is 26.1. The Balaban J connectivity index is 1.57. The molecule has 0 unspecified atom stereocenters. The third kappa shape index (κ3) is 3.13. The Morgan fingerprint density at radius 2 is 2.04 bits per heavy atom. The van der Waals surface area contributed by atoms with Gasteiger partial charge in [0.1, 0.15) is 12.4 Å². The molecule has 0 bridgehead atoms. The maximum absolute atomic E-state index is 12.8. The van der Waals surface area contributed by atoms with Gasteiger partial charge >= 0.3 is 6.09 Å². The van der Waals surface area contributed by atoms with Crippen molar-refractivity contribution in [3.8, 4) is 5.75 Å². The molecule has 1 aromatic carbocycles. The van der Waals surface area contributed by atoms with Crippen molar-refractivity contribution < 1.29 is 19.1 Å². The summed E-state index contributed by atoms with van der Waals surface area (Å²) >= 11 is 0. The molecule has 142 valence electrons. The predicted octanol–water partition coefficient (Wildman–Crippen LogP) is 3.66. The number of nitrogens with one attached hydrogen (secondary N) is 1. The monoisotopic (exact) mass is 369 g/mol. The molecule has 0 atom stereocenters. The molecule has 1 saturated heterocycles. The summed E-state index contributed by atoms with van der Waals surface area (Å²) in [5.41, 5.74) is 4.04. The van der Waals surface area contributed by atoms with Gasteiger partial charge in [0.15, 0.2) is 0 Å². The Hall–Kier alpha value is -2.96. The van der Waals surface area contributed by atoms with E-state index in [0.29, 0.717) is 41.9 Å². The molecule has 0 spiro atoms. The van der Waals surface area contributed by atoms with Crippen LogP contribution in [0.3, 0.4) is 0 Å². The van der Waals surface area contributed by atoms with Crippen LogP contribution in [0.4, 0.5) is 16.2 Å². The van der Waals surface area contributed by atoms with Gasteiger partial charge in [0.25, 0.3) is 5.91 Å². The van der Waals surface area contributed by atoms with E-state index in [1.807, 2.05) is 19.9 Å². The van der Waals surface area contributed by atoms with Crippen LogP contribution in [0.1, 0.15) is 40.6 Å². The highest BCUT2D eigenvalue weighted by molar-refractivity contribution is 6.05. The summed E-state index contributed by atoms with van der Waals surface area (Å²) in [5, 5.41) is 2.94. The first-order chi connectivity index (χ1) is 13.0. The molecule has 1 N–H and O–H groups in total. The van der Waals surface area contributed by atoms with Crippen LogP contribution in [0.5, 0.6) is 5.75 Å². The number of carbonyl (C=O) groups excluding carboxylic acids is 2. The van der Waals surface area contributed by atoms with E-state index in [2.05, 4.69) is 9.88 Å². The van der Waals surface area contributed by atoms with Crippen molar-refractivity contribution in [1.29, 1.82) is 0 Å². The molecule has 1 aliphatic carbocycles. The Kier molecular flexibility index (Phi) is 4.30. The molecular weight excluding hydrogens is 346 g/mol. The van der Waals surface area contributed by atoms with Crippen LogP contribution in [0.2, 0.25) is 0 Å². The molecule has 7 nitrogen and oxygen atoms in total. The van der Waals surface area contributed by atoms with Gasteiger partial charge in [0, 0.05) is 29.2 Å². The number of amides is 2. The van der Waals surface area contributed by atoms with Gasteiger partial charge in [-0.2, -0.15) is 0 Å². The van der Waals surface area contributed by atoms with Gasteiger partial charge in [-0.1, -0.05) is 0 Å². The highest BCUT2D eigenvalue weighted by Crippen LogP contribution is 2.38. The van der Waals surface area contributed by atoms with Gasteiger partial charge in [-0.05, 0) is 44.9 Å². The van der Waals surface area contributed by atoms with Crippen LogP contribution in [0, 0.1) is 13.8 Å². The van der Waals surface area contributed by atoms with E-state index >= 15 is 0 Å². The number of benzene rings is 1. The number of ether oxygens (including phenoxy) is 2. The van der Waals surface area contributed by atoms with Gasteiger partial charge in [-0.3, -0.25) is 9.69 Å². The first-order valence-electron chi connectivity index (χ1n) is 9.11. The minimum absolute atomic E-state index is 0.148. The van der Waals surface area contributed by atoms with Gasteiger partial charge in [0.2, 0.25) is 0 Å². The third-order valence-electron chi connectivity index (χ3n) is 5.13. The summed E-state index contributed by atoms with van der Waals surface area (Å²) in [5.74, 6) is 0.362. The van der Waals surface area contributed by atoms with E-state index < -0.39 is 6.09 Å². The first kappa shape index (κ1) is 17.5. The fourth-order valence-corrected chi connectivity index (χ4v) is 3.69. The van der Waals surface area contributed by atoms with Gasteiger partial charge in [-0.25, -0.2) is 4.79 Å². The average molecular weight is 369 g/mol. The smallest absolute Gasteiger partial charge is 0.414 e. The summed E-state index contributed by atoms with van der Waals surface area (Å²) in [7, 11) is 1.54. The number of rotatable bonds is 5. The maximum atomic E-state index is 12.8. The van der Waals surface area contributed by atoms with Crippen LogP contribution in [0.15, 0.2) is 24.3 Å². The second kappa shape index (κ2) is 6.64. The number of anilines is 2. The minimum atomic E-state index is -0.391. The second-order valence-electron chi connectivity index (χ2n) is 6.99. The molecule has 7 heteroatoms. The van der Waals surface area contributed by atoms with Gasteiger partial charge < -0.3 is 19.4 Å². The molecular formula is C20H23N3O4. The fraction of sp³-hybridized carbons (Fsp3) is 0.400. The topological polar surface area (TPSA) is 72.8 Å². The first-order valence-corrected chi connectivity index (χ1v) is 9.11. The zero-order valence-electron chi connectivity index (χ0n) is 15.7. The third-order valence-corrected chi connectivity index (χ3v) is 5.13. The molecule has 2 aromatic rings. The SMILES string of the molecule is COc1cc(NC(=O)c2cc(C)n(C3CC3)c2C)ccc1N1CCOC1=O. The highest BCUT2D eigenvalue weighted by atomic mass is 16.6. The molecule has 1 saturated carbocycles. The number of aryl methyl sites for hydroxylation is 1. The second-order valence-corrected chi connectivity index (χ2v) is 6.99. The number of carbonyl (C=O) groups is 2. The van der Waals surface area contributed by atoms with E-state index in [9.17, 15) is 9.59 Å². The summed E-state index contributed by atoms with van der Waals surface area (Å²) in [6.45, 7) is 4.86. The quantitative estimate of drug-likeness (QED) is 0.873. The molecule has 2 amide bonds. The van der Waals surface area contributed by atoms with Crippen LogP contribution in [-0.2, 0) is 4.74 Å². The fourth-order valence-electron chi connectivity index (χ4n) is 3.69. The van der Waals surface area contributed by atoms with Crippen molar-refractivity contribution in [2.75, 3.05) is 30.5 Å². The largest absolute Gasteiger partial charge is 0.494 e. The average Bonchev–Trinajstić information content (AvgIpc) is 3.31. The molecule has 1 aliphatic heterocycles. The molecule has 0 radical (unpaired) electrons. The van der Waals surface area contributed by atoms with E-state index in [1.165, 1.54) is 24.9 Å². The van der Waals surface area contributed by atoms with Crippen LogP contribution in [0.25, 0.3) is 0 Å². The molecule has 27 heavy (non-hydrogen) atoms. The Morgan fingerprint density at radius 1 is 1.26 bits per heavy atom. The lowest BCUT2D eigenvalue weighted by Crippen LogP contribution is -2.24. The standard InChI is InChI=1S/C20H23N3O4/c1-12-10-16(13(2)23(12)15-5-6-15)19(24)21-14-4-7-17(18(11-14)26-3)22-8-9-27-20(22)25/h4,7,10-11,15H,5-6,8-9H2,1-3H3,(H,21,24). The molecule has 2 heterocycles. The minimum Gasteiger partial charge on any atom is -0.494 e. The van der Waals surface area contributed by atoms with Crippen molar-refractivity contribution >= 4 is 23.4 Å². The van der Waals surface area contributed by atoms with Crippen molar-refractivity contribution in [3.05, 3.63) is 41.2 Å². The Bertz CT molecular complexity index is 914. The van der Waals surface area contributed by atoms with Crippen molar-refractivity contribution in [3.63, 3.8) is 0 Å². The van der Waals surface area contributed by atoms with E-state index in [1.54, 1.807) is 18.2 Å².